The summed E-state index contributed by atoms with van der Waals surface area (Å²) in [6.07, 6.45) is 4.18. The normalized spacial score (nSPS) is 17.9. The molecule has 1 aliphatic carbocycles. The summed E-state index contributed by atoms with van der Waals surface area (Å²) in [5.41, 5.74) is 1.33. The zero-order valence-corrected chi connectivity index (χ0v) is 13.8. The van der Waals surface area contributed by atoms with Crippen molar-refractivity contribution in [3.05, 3.63) is 71.8 Å². The van der Waals surface area contributed by atoms with Crippen LogP contribution in [0.25, 0.3) is 0 Å². The molecule has 24 heavy (non-hydrogen) atoms. The number of hydrogen-bond acceptors (Lipinski definition) is 3. The molecule has 2 aromatic rings. The van der Waals surface area contributed by atoms with E-state index >= 15 is 0 Å². The summed E-state index contributed by atoms with van der Waals surface area (Å²) in [5.74, 6) is -0.150. The fourth-order valence-electron chi connectivity index (χ4n) is 3.49. The Bertz CT molecular complexity index is 633. The van der Waals surface area contributed by atoms with Crippen molar-refractivity contribution in [1.82, 2.24) is 0 Å². The zero-order valence-electron chi connectivity index (χ0n) is 13.8. The molecule has 0 aromatic heterocycles. The Balaban J connectivity index is 1.80. The van der Waals surface area contributed by atoms with E-state index in [2.05, 4.69) is 0 Å². The van der Waals surface area contributed by atoms with Gasteiger partial charge in [-0.1, -0.05) is 67.8 Å². The number of esters is 1. The minimum Gasteiger partial charge on any atom is -0.455 e. The van der Waals surface area contributed by atoms with E-state index in [9.17, 15) is 9.90 Å². The van der Waals surface area contributed by atoms with Crippen molar-refractivity contribution in [2.75, 3.05) is 0 Å². The summed E-state index contributed by atoms with van der Waals surface area (Å²) < 4.78 is 5.80. The summed E-state index contributed by atoms with van der Waals surface area (Å²) in [6, 6.07) is 18.5. The van der Waals surface area contributed by atoms with Crippen molar-refractivity contribution in [2.24, 2.45) is 5.92 Å². The van der Waals surface area contributed by atoms with E-state index in [-0.39, 0.29) is 11.9 Å². The molecule has 1 aliphatic rings. The van der Waals surface area contributed by atoms with Gasteiger partial charge in [-0.25, -0.2) is 4.79 Å². The highest BCUT2D eigenvalue weighted by molar-refractivity contribution is 5.89. The second kappa shape index (κ2) is 8.11. The Hall–Kier alpha value is -2.13. The molecule has 3 heteroatoms. The van der Waals surface area contributed by atoms with E-state index in [1.807, 2.05) is 48.5 Å². The minimum absolute atomic E-state index is 0.210. The maximum Gasteiger partial charge on any atom is 0.338 e. The molecule has 3 nitrogen and oxygen atoms in total. The van der Waals surface area contributed by atoms with Gasteiger partial charge in [0.15, 0.2) is 0 Å². The SMILES string of the molecule is O=C(O[C@@H](C1CCCCC1)[C@@H](O)c1ccccc1)c1ccccc1. The van der Waals surface area contributed by atoms with Gasteiger partial charge in [0.1, 0.15) is 12.2 Å². The van der Waals surface area contributed by atoms with Gasteiger partial charge in [0.25, 0.3) is 0 Å². The number of carbonyl (C=O) groups is 1. The third-order valence-electron chi connectivity index (χ3n) is 4.82. The maximum atomic E-state index is 12.5. The van der Waals surface area contributed by atoms with Crippen LogP contribution >= 0.6 is 0 Å². The highest BCUT2D eigenvalue weighted by Crippen LogP contribution is 2.34. The van der Waals surface area contributed by atoms with E-state index in [1.54, 1.807) is 12.1 Å². The van der Waals surface area contributed by atoms with Gasteiger partial charge >= 0.3 is 5.97 Å². The third kappa shape index (κ3) is 4.04. The highest BCUT2D eigenvalue weighted by Gasteiger charge is 2.33. The number of benzene rings is 2. The number of carbonyl (C=O) groups excluding carboxylic acids is 1. The highest BCUT2D eigenvalue weighted by atomic mass is 16.6. The molecule has 126 valence electrons. The number of aliphatic hydroxyl groups excluding tert-OH is 1. The van der Waals surface area contributed by atoms with Crippen LogP contribution in [0.3, 0.4) is 0 Å². The lowest BCUT2D eigenvalue weighted by molar-refractivity contribution is -0.0518. The summed E-state index contributed by atoms with van der Waals surface area (Å²) in [4.78, 5) is 12.5. The molecule has 2 aromatic carbocycles. The van der Waals surface area contributed by atoms with Crippen LogP contribution in [0.2, 0.25) is 0 Å². The Morgan fingerprint density at radius 1 is 0.917 bits per heavy atom. The van der Waals surface area contributed by atoms with Crippen molar-refractivity contribution in [1.29, 1.82) is 0 Å². The Morgan fingerprint density at radius 2 is 1.50 bits per heavy atom. The summed E-state index contributed by atoms with van der Waals surface area (Å²) in [5, 5.41) is 10.9. The predicted molar refractivity (Wildman–Crippen MR) is 93.6 cm³/mol. The van der Waals surface area contributed by atoms with Crippen molar-refractivity contribution in [2.45, 2.75) is 44.3 Å². The molecule has 2 atom stereocenters. The summed E-state index contributed by atoms with van der Waals surface area (Å²) >= 11 is 0. The molecular formula is C21H24O3. The topological polar surface area (TPSA) is 46.5 Å². The van der Waals surface area contributed by atoms with Crippen molar-refractivity contribution < 1.29 is 14.6 Å². The fourth-order valence-corrected chi connectivity index (χ4v) is 3.49. The first-order valence-corrected chi connectivity index (χ1v) is 8.75. The Kier molecular flexibility index (Phi) is 5.65. The molecule has 1 saturated carbocycles. The summed E-state index contributed by atoms with van der Waals surface area (Å²) in [6.45, 7) is 0. The van der Waals surface area contributed by atoms with Crippen LogP contribution in [0.4, 0.5) is 0 Å². The van der Waals surface area contributed by atoms with Crippen LogP contribution in [0, 0.1) is 5.92 Å². The molecule has 1 N–H and O–H groups in total. The average Bonchev–Trinajstić information content (AvgIpc) is 2.67. The minimum atomic E-state index is -0.790. The van der Waals surface area contributed by atoms with Gasteiger partial charge in [0, 0.05) is 0 Å². The number of hydrogen-bond donors (Lipinski definition) is 1. The molecule has 0 spiro atoms. The second-order valence-corrected chi connectivity index (χ2v) is 6.49. The third-order valence-corrected chi connectivity index (χ3v) is 4.82. The van der Waals surface area contributed by atoms with Gasteiger partial charge in [0.05, 0.1) is 5.56 Å². The molecule has 0 saturated heterocycles. The van der Waals surface area contributed by atoms with Crippen LogP contribution in [0.15, 0.2) is 60.7 Å². The van der Waals surface area contributed by atoms with E-state index in [0.717, 1.165) is 31.2 Å². The van der Waals surface area contributed by atoms with Crippen molar-refractivity contribution in [3.8, 4) is 0 Å². The van der Waals surface area contributed by atoms with Gasteiger partial charge in [0.2, 0.25) is 0 Å². The number of aliphatic hydroxyl groups is 1. The lowest BCUT2D eigenvalue weighted by atomic mass is 9.82. The molecule has 0 radical (unpaired) electrons. The fraction of sp³-hybridized carbons (Fsp3) is 0.381. The molecular weight excluding hydrogens is 300 g/mol. The second-order valence-electron chi connectivity index (χ2n) is 6.49. The first kappa shape index (κ1) is 16.7. The Morgan fingerprint density at radius 3 is 2.12 bits per heavy atom. The van der Waals surface area contributed by atoms with Gasteiger partial charge in [-0.15, -0.1) is 0 Å². The molecule has 0 unspecified atom stereocenters. The van der Waals surface area contributed by atoms with E-state index in [1.165, 1.54) is 6.42 Å². The molecule has 0 bridgehead atoms. The van der Waals surface area contributed by atoms with Gasteiger partial charge < -0.3 is 9.84 Å². The molecule has 0 aliphatic heterocycles. The van der Waals surface area contributed by atoms with E-state index in [4.69, 9.17) is 4.74 Å². The largest absolute Gasteiger partial charge is 0.455 e. The van der Waals surface area contributed by atoms with Gasteiger partial charge in [-0.3, -0.25) is 0 Å². The van der Waals surface area contributed by atoms with Gasteiger partial charge in [-0.2, -0.15) is 0 Å². The van der Waals surface area contributed by atoms with Gasteiger partial charge in [-0.05, 0) is 36.5 Å². The quantitative estimate of drug-likeness (QED) is 0.822. The molecule has 0 heterocycles. The predicted octanol–water partition coefficient (Wildman–Crippen LogP) is 4.53. The van der Waals surface area contributed by atoms with E-state index < -0.39 is 12.2 Å². The summed E-state index contributed by atoms with van der Waals surface area (Å²) in [7, 11) is 0. The van der Waals surface area contributed by atoms with Crippen LogP contribution in [-0.4, -0.2) is 17.2 Å². The number of rotatable bonds is 5. The first-order chi connectivity index (χ1) is 11.8. The van der Waals surface area contributed by atoms with Crippen molar-refractivity contribution in [3.63, 3.8) is 0 Å². The first-order valence-electron chi connectivity index (χ1n) is 8.75. The van der Waals surface area contributed by atoms with E-state index in [0.29, 0.717) is 5.56 Å². The average molecular weight is 324 g/mol. The van der Waals surface area contributed by atoms with Crippen molar-refractivity contribution >= 4 is 5.97 Å². The maximum absolute atomic E-state index is 12.5. The van der Waals surface area contributed by atoms with Crippen LogP contribution in [0.5, 0.6) is 0 Å². The smallest absolute Gasteiger partial charge is 0.338 e. The Labute approximate surface area is 143 Å². The molecule has 1 fully saturated rings. The monoisotopic (exact) mass is 324 g/mol. The zero-order chi connectivity index (χ0) is 16.8. The molecule has 0 amide bonds. The van der Waals surface area contributed by atoms with Crippen LogP contribution < -0.4 is 0 Å². The lowest BCUT2D eigenvalue weighted by Crippen LogP contribution is -2.34. The van der Waals surface area contributed by atoms with Crippen LogP contribution in [0.1, 0.15) is 54.1 Å². The molecule has 3 rings (SSSR count). The van der Waals surface area contributed by atoms with Crippen LogP contribution in [-0.2, 0) is 4.74 Å². The number of ether oxygens (including phenoxy) is 1. The lowest BCUT2D eigenvalue weighted by Gasteiger charge is -2.33. The standard InChI is InChI=1S/C21H24O3/c22-19(16-10-4-1-5-11-16)20(17-12-6-2-7-13-17)24-21(23)18-14-8-3-9-15-18/h1,3-5,8-11,14-15,17,19-20,22H,2,6-7,12-13H2/t19-,20-/m0/s1.